The molecule has 2 aliphatic carbocycles. The Kier molecular flexibility index (Phi) is 3.88. The molecule has 1 amide bonds. The smallest absolute Gasteiger partial charge is 0.237 e. The lowest BCUT2D eigenvalue weighted by Crippen LogP contribution is -2.44. The number of carbonyl (C=O) groups excluding carboxylic acids is 1. The van der Waals surface area contributed by atoms with Crippen LogP contribution in [-0.2, 0) is 4.79 Å². The van der Waals surface area contributed by atoms with E-state index >= 15 is 0 Å². The summed E-state index contributed by atoms with van der Waals surface area (Å²) < 4.78 is 0. The predicted molar refractivity (Wildman–Crippen MR) is 72.3 cm³/mol. The van der Waals surface area contributed by atoms with Gasteiger partial charge in [-0.05, 0) is 37.5 Å². The van der Waals surface area contributed by atoms with E-state index in [4.69, 9.17) is 0 Å². The Labute approximate surface area is 110 Å². The van der Waals surface area contributed by atoms with Gasteiger partial charge in [-0.2, -0.15) is 0 Å². The Morgan fingerprint density at radius 2 is 1.78 bits per heavy atom. The molecule has 0 aromatic rings. The number of amides is 1. The normalized spacial score (nSPS) is 38.0. The first kappa shape index (κ1) is 12.5. The summed E-state index contributed by atoms with van der Waals surface area (Å²) in [4.78, 5) is 11.9. The minimum Gasteiger partial charge on any atom is -0.355 e. The van der Waals surface area contributed by atoms with Gasteiger partial charge in [0.15, 0.2) is 0 Å². The third-order valence-corrected chi connectivity index (χ3v) is 5.05. The molecular formula is C15H26N2O. The lowest BCUT2D eigenvalue weighted by Gasteiger charge is -2.22. The Hall–Kier alpha value is -0.570. The zero-order valence-electron chi connectivity index (χ0n) is 11.3. The molecule has 1 saturated heterocycles. The molecule has 1 heterocycles. The Morgan fingerprint density at radius 1 is 1.00 bits per heavy atom. The van der Waals surface area contributed by atoms with E-state index in [1.54, 1.807) is 0 Å². The van der Waals surface area contributed by atoms with Crippen LogP contribution < -0.4 is 10.6 Å². The van der Waals surface area contributed by atoms with Gasteiger partial charge in [0.05, 0.1) is 6.04 Å². The number of nitrogens with one attached hydrogen (secondary N) is 2. The summed E-state index contributed by atoms with van der Waals surface area (Å²) in [6.45, 7) is 0.869. The molecule has 3 fully saturated rings. The van der Waals surface area contributed by atoms with E-state index in [9.17, 15) is 4.79 Å². The summed E-state index contributed by atoms with van der Waals surface area (Å²) in [7, 11) is 0. The first-order chi connectivity index (χ1) is 8.84. The van der Waals surface area contributed by atoms with Gasteiger partial charge in [-0.15, -0.1) is 0 Å². The average molecular weight is 250 g/mol. The van der Waals surface area contributed by atoms with Crippen LogP contribution in [0.3, 0.4) is 0 Å². The number of hydrogen-bond acceptors (Lipinski definition) is 2. The van der Waals surface area contributed by atoms with Crippen LogP contribution >= 0.6 is 0 Å². The van der Waals surface area contributed by atoms with Crippen molar-refractivity contribution >= 4 is 5.91 Å². The molecule has 3 unspecified atom stereocenters. The number of carbonyl (C=O) groups is 1. The fraction of sp³-hybridized carbons (Fsp3) is 0.933. The highest BCUT2D eigenvalue weighted by Gasteiger charge is 2.44. The second kappa shape index (κ2) is 5.60. The van der Waals surface area contributed by atoms with Crippen LogP contribution in [0.2, 0.25) is 0 Å². The van der Waals surface area contributed by atoms with E-state index in [-0.39, 0.29) is 11.9 Å². The van der Waals surface area contributed by atoms with Gasteiger partial charge in [-0.1, -0.05) is 32.1 Å². The van der Waals surface area contributed by atoms with Crippen LogP contribution in [-0.4, -0.2) is 24.5 Å². The first-order valence-corrected chi connectivity index (χ1v) is 7.88. The fourth-order valence-electron chi connectivity index (χ4n) is 3.85. The molecule has 0 spiro atoms. The van der Waals surface area contributed by atoms with Crippen molar-refractivity contribution in [1.29, 1.82) is 0 Å². The van der Waals surface area contributed by atoms with Gasteiger partial charge in [0.2, 0.25) is 5.91 Å². The Bertz CT molecular complexity index is 299. The lowest BCUT2D eigenvalue weighted by molar-refractivity contribution is -0.122. The Balaban J connectivity index is 1.47. The van der Waals surface area contributed by atoms with Gasteiger partial charge in [0.1, 0.15) is 0 Å². The van der Waals surface area contributed by atoms with Gasteiger partial charge in [0, 0.05) is 12.6 Å². The Morgan fingerprint density at radius 3 is 2.61 bits per heavy atom. The maximum Gasteiger partial charge on any atom is 0.237 e. The second-order valence-electron chi connectivity index (χ2n) is 6.41. The highest BCUT2D eigenvalue weighted by molar-refractivity contribution is 5.82. The third kappa shape index (κ3) is 2.87. The summed E-state index contributed by atoms with van der Waals surface area (Å²) in [6.07, 6.45) is 11.8. The molecule has 2 N–H and O–H groups in total. The van der Waals surface area contributed by atoms with Gasteiger partial charge in [-0.3, -0.25) is 4.79 Å². The topological polar surface area (TPSA) is 41.1 Å². The molecule has 1 aliphatic heterocycles. The predicted octanol–water partition coefficient (Wildman–Crippen LogP) is 2.21. The molecule has 0 bridgehead atoms. The average Bonchev–Trinajstić information content (AvgIpc) is 3.18. The SMILES string of the molecule is O=C1NCCCCC1NC1CC1C1CCCCC1. The lowest BCUT2D eigenvalue weighted by atomic mass is 9.85. The molecule has 0 aromatic carbocycles. The molecule has 3 aliphatic rings. The highest BCUT2D eigenvalue weighted by atomic mass is 16.2. The summed E-state index contributed by atoms with van der Waals surface area (Å²) in [5, 5.41) is 6.64. The van der Waals surface area contributed by atoms with Crippen molar-refractivity contribution in [2.24, 2.45) is 11.8 Å². The summed E-state index contributed by atoms with van der Waals surface area (Å²) in [5.41, 5.74) is 0. The largest absolute Gasteiger partial charge is 0.355 e. The van der Waals surface area contributed by atoms with Crippen LogP contribution in [0.15, 0.2) is 0 Å². The van der Waals surface area contributed by atoms with E-state index in [0.717, 1.165) is 31.2 Å². The second-order valence-corrected chi connectivity index (χ2v) is 6.41. The maximum atomic E-state index is 11.9. The summed E-state index contributed by atoms with van der Waals surface area (Å²) in [5.74, 6) is 2.06. The fourth-order valence-corrected chi connectivity index (χ4v) is 3.85. The molecular weight excluding hydrogens is 224 g/mol. The van der Waals surface area contributed by atoms with Gasteiger partial charge in [-0.25, -0.2) is 0 Å². The van der Waals surface area contributed by atoms with Crippen LogP contribution in [0.4, 0.5) is 0 Å². The number of rotatable bonds is 3. The van der Waals surface area contributed by atoms with Gasteiger partial charge < -0.3 is 10.6 Å². The maximum absolute atomic E-state index is 11.9. The van der Waals surface area contributed by atoms with Crippen molar-refractivity contribution in [3.05, 3.63) is 0 Å². The molecule has 3 nitrogen and oxygen atoms in total. The van der Waals surface area contributed by atoms with E-state index in [2.05, 4.69) is 10.6 Å². The van der Waals surface area contributed by atoms with E-state index in [0.29, 0.717) is 6.04 Å². The van der Waals surface area contributed by atoms with E-state index in [1.807, 2.05) is 0 Å². The summed E-state index contributed by atoms with van der Waals surface area (Å²) in [6, 6.07) is 0.730. The van der Waals surface area contributed by atoms with Crippen LogP contribution in [0.25, 0.3) is 0 Å². The minimum atomic E-state index is 0.0890. The van der Waals surface area contributed by atoms with Crippen molar-refractivity contribution in [2.75, 3.05) is 6.54 Å². The van der Waals surface area contributed by atoms with Crippen molar-refractivity contribution in [1.82, 2.24) is 10.6 Å². The van der Waals surface area contributed by atoms with E-state index in [1.165, 1.54) is 44.9 Å². The molecule has 102 valence electrons. The van der Waals surface area contributed by atoms with Crippen LogP contribution in [0.1, 0.15) is 57.8 Å². The van der Waals surface area contributed by atoms with Crippen molar-refractivity contribution in [2.45, 2.75) is 69.9 Å². The van der Waals surface area contributed by atoms with Crippen LogP contribution in [0.5, 0.6) is 0 Å². The quantitative estimate of drug-likeness (QED) is 0.806. The van der Waals surface area contributed by atoms with Crippen molar-refractivity contribution in [3.63, 3.8) is 0 Å². The molecule has 3 atom stereocenters. The number of hydrogen-bond donors (Lipinski definition) is 2. The molecule has 0 aromatic heterocycles. The van der Waals surface area contributed by atoms with Gasteiger partial charge in [0.25, 0.3) is 0 Å². The first-order valence-electron chi connectivity index (χ1n) is 7.88. The summed E-state index contributed by atoms with van der Waals surface area (Å²) >= 11 is 0. The third-order valence-electron chi connectivity index (χ3n) is 5.05. The van der Waals surface area contributed by atoms with Crippen molar-refractivity contribution in [3.8, 4) is 0 Å². The molecule has 2 saturated carbocycles. The molecule has 3 heteroatoms. The highest BCUT2D eigenvalue weighted by Crippen LogP contribution is 2.44. The van der Waals surface area contributed by atoms with Crippen LogP contribution in [0, 0.1) is 11.8 Å². The van der Waals surface area contributed by atoms with E-state index < -0.39 is 0 Å². The molecule has 0 radical (unpaired) electrons. The van der Waals surface area contributed by atoms with Gasteiger partial charge >= 0.3 is 0 Å². The zero-order valence-corrected chi connectivity index (χ0v) is 11.3. The molecule has 3 rings (SSSR count). The minimum absolute atomic E-state index is 0.0890. The monoisotopic (exact) mass is 250 g/mol. The van der Waals surface area contributed by atoms with Crippen molar-refractivity contribution < 1.29 is 4.79 Å². The zero-order chi connectivity index (χ0) is 12.4. The standard InChI is InChI=1S/C15H26N2O/c18-15-13(8-4-5-9-16-15)17-14-10-12(14)11-6-2-1-3-7-11/h11-14,17H,1-10H2,(H,16,18). The molecule has 18 heavy (non-hydrogen) atoms.